The van der Waals surface area contributed by atoms with Gasteiger partial charge < -0.3 is 14.9 Å². The molecule has 4 aromatic heterocycles. The summed E-state index contributed by atoms with van der Waals surface area (Å²) in [5.41, 5.74) is 2.17. The molecule has 164 valence electrons. The van der Waals surface area contributed by atoms with Crippen molar-refractivity contribution in [1.82, 2.24) is 30.0 Å². The van der Waals surface area contributed by atoms with Gasteiger partial charge in [0.2, 0.25) is 0 Å². The molecular weight excluding hydrogens is 454 g/mol. The first-order chi connectivity index (χ1) is 14.6. The fraction of sp³-hybridized carbons (Fsp3) is 0.400. The Labute approximate surface area is 194 Å². The number of likely N-dealkylation sites (tertiary alicyclic amines) is 1. The standard InChI is InChI=1S/C20H23N7OS2.ClH/c1-3-27(14-4-6-26(2)7-5-14)20-25-19-18(30-20)24-17(29-19)16-15(28)8-12(9-21-16)13-10-22-23-11-13;/h8-11,14,28H,3-7H2,1-2H3,(H,22,23);1H. The van der Waals surface area contributed by atoms with E-state index in [1.807, 2.05) is 0 Å². The van der Waals surface area contributed by atoms with Gasteiger partial charge in [-0.2, -0.15) is 5.10 Å². The van der Waals surface area contributed by atoms with Crippen LogP contribution in [0.5, 0.6) is 5.75 Å². The summed E-state index contributed by atoms with van der Waals surface area (Å²) in [6, 6.07) is 2.23. The number of fused-ring (bicyclic) bond motifs is 1. The van der Waals surface area contributed by atoms with E-state index in [1.54, 1.807) is 36.0 Å². The van der Waals surface area contributed by atoms with Crippen molar-refractivity contribution < 1.29 is 5.11 Å². The van der Waals surface area contributed by atoms with Gasteiger partial charge in [0.05, 0.1) is 6.20 Å². The number of nitrogens with one attached hydrogen (secondary N) is 1. The molecule has 1 saturated heterocycles. The number of aromatic amines is 1. The van der Waals surface area contributed by atoms with E-state index >= 15 is 0 Å². The second kappa shape index (κ2) is 9.07. The fourth-order valence-electron chi connectivity index (χ4n) is 3.90. The summed E-state index contributed by atoms with van der Waals surface area (Å²) in [4.78, 5) is 20.7. The average Bonchev–Trinajstić information content (AvgIpc) is 3.46. The van der Waals surface area contributed by atoms with Gasteiger partial charge in [-0.05, 0) is 46.0 Å². The Bertz CT molecular complexity index is 1120. The Morgan fingerprint density at radius 1 is 1.16 bits per heavy atom. The van der Waals surface area contributed by atoms with Crippen LogP contribution in [0, 0.1) is 0 Å². The van der Waals surface area contributed by atoms with Gasteiger partial charge in [0, 0.05) is 36.1 Å². The molecule has 5 rings (SSSR count). The Morgan fingerprint density at radius 2 is 1.94 bits per heavy atom. The Morgan fingerprint density at radius 3 is 2.58 bits per heavy atom. The zero-order valence-electron chi connectivity index (χ0n) is 17.3. The zero-order chi connectivity index (χ0) is 20.7. The van der Waals surface area contributed by atoms with Gasteiger partial charge in [-0.3, -0.25) is 5.10 Å². The minimum Gasteiger partial charge on any atom is -0.506 e. The second-order valence-electron chi connectivity index (χ2n) is 7.52. The number of pyridine rings is 1. The molecule has 0 aromatic carbocycles. The molecule has 1 aliphatic heterocycles. The lowest BCUT2D eigenvalue weighted by Gasteiger charge is -2.36. The maximum Gasteiger partial charge on any atom is 0.189 e. The molecule has 5 heterocycles. The molecule has 0 radical (unpaired) electrons. The summed E-state index contributed by atoms with van der Waals surface area (Å²) in [5.74, 6) is 0.108. The van der Waals surface area contributed by atoms with Crippen LogP contribution in [0.3, 0.4) is 0 Å². The number of rotatable bonds is 5. The largest absolute Gasteiger partial charge is 0.506 e. The molecule has 0 spiro atoms. The first kappa shape index (κ1) is 21.9. The topological polar surface area (TPSA) is 94.1 Å². The van der Waals surface area contributed by atoms with E-state index in [-0.39, 0.29) is 18.2 Å². The molecule has 0 atom stereocenters. The number of anilines is 1. The smallest absolute Gasteiger partial charge is 0.189 e. The molecule has 31 heavy (non-hydrogen) atoms. The third-order valence-corrected chi connectivity index (χ3v) is 7.65. The summed E-state index contributed by atoms with van der Waals surface area (Å²) in [6.45, 7) is 5.39. The van der Waals surface area contributed by atoms with Crippen molar-refractivity contribution in [3.8, 4) is 27.6 Å². The van der Waals surface area contributed by atoms with Gasteiger partial charge in [-0.1, -0.05) is 22.7 Å². The lowest BCUT2D eigenvalue weighted by molar-refractivity contribution is 0.250. The van der Waals surface area contributed by atoms with Crippen molar-refractivity contribution in [2.24, 2.45) is 0 Å². The molecule has 0 saturated carbocycles. The van der Waals surface area contributed by atoms with Gasteiger partial charge >= 0.3 is 0 Å². The van der Waals surface area contributed by atoms with E-state index in [1.165, 1.54) is 11.3 Å². The number of halogens is 1. The summed E-state index contributed by atoms with van der Waals surface area (Å²) in [5, 5.41) is 19.0. The fourth-order valence-corrected chi connectivity index (χ4v) is 6.08. The third-order valence-electron chi connectivity index (χ3n) is 5.58. The SMILES string of the molecule is CCN(c1nc2sc(-c3ncc(-c4cn[nH]c4)cc3O)nc2s1)C1CCN(C)CC1.Cl. The molecule has 1 fully saturated rings. The molecule has 2 N–H and O–H groups in total. The maximum atomic E-state index is 10.5. The lowest BCUT2D eigenvalue weighted by Crippen LogP contribution is -2.43. The van der Waals surface area contributed by atoms with Gasteiger partial charge in [0.25, 0.3) is 0 Å². The quantitative estimate of drug-likeness (QED) is 0.443. The molecule has 8 nitrogen and oxygen atoms in total. The lowest BCUT2D eigenvalue weighted by atomic mass is 10.0. The predicted octanol–water partition coefficient (Wildman–Crippen LogP) is 4.25. The number of nitrogens with zero attached hydrogens (tertiary/aromatic N) is 6. The van der Waals surface area contributed by atoms with Crippen molar-refractivity contribution >= 4 is 49.9 Å². The van der Waals surface area contributed by atoms with Crippen LogP contribution in [-0.2, 0) is 0 Å². The van der Waals surface area contributed by atoms with Gasteiger partial charge in [0.15, 0.2) is 14.8 Å². The molecule has 0 amide bonds. The van der Waals surface area contributed by atoms with Crippen LogP contribution in [0.25, 0.3) is 31.5 Å². The van der Waals surface area contributed by atoms with Crippen molar-refractivity contribution in [3.05, 3.63) is 24.7 Å². The monoisotopic (exact) mass is 477 g/mol. The highest BCUT2D eigenvalue weighted by Crippen LogP contribution is 2.39. The Kier molecular flexibility index (Phi) is 6.42. The molecular formula is C20H24ClN7OS2. The average molecular weight is 478 g/mol. The van der Waals surface area contributed by atoms with Gasteiger partial charge in [-0.25, -0.2) is 15.0 Å². The van der Waals surface area contributed by atoms with E-state index in [4.69, 9.17) is 9.97 Å². The molecule has 0 unspecified atom stereocenters. The van der Waals surface area contributed by atoms with Crippen LogP contribution in [0.2, 0.25) is 0 Å². The van der Waals surface area contributed by atoms with Crippen LogP contribution >= 0.6 is 35.1 Å². The van der Waals surface area contributed by atoms with Crippen molar-refractivity contribution in [2.45, 2.75) is 25.8 Å². The summed E-state index contributed by atoms with van der Waals surface area (Å²) in [6.07, 6.45) is 7.52. The number of thiazole rings is 2. The molecule has 0 aliphatic carbocycles. The molecule has 11 heteroatoms. The van der Waals surface area contributed by atoms with Gasteiger partial charge in [-0.15, -0.1) is 12.4 Å². The van der Waals surface area contributed by atoms with E-state index in [9.17, 15) is 5.11 Å². The minimum atomic E-state index is 0. The summed E-state index contributed by atoms with van der Waals surface area (Å²) in [7, 11) is 2.18. The van der Waals surface area contributed by atoms with Gasteiger partial charge in [0.1, 0.15) is 16.5 Å². The highest BCUT2D eigenvalue weighted by molar-refractivity contribution is 7.29. The zero-order valence-corrected chi connectivity index (χ0v) is 19.7. The molecule has 0 bridgehead atoms. The van der Waals surface area contributed by atoms with Crippen LogP contribution < -0.4 is 4.90 Å². The van der Waals surface area contributed by atoms with Crippen LogP contribution in [0.15, 0.2) is 24.7 Å². The van der Waals surface area contributed by atoms with Crippen molar-refractivity contribution in [3.63, 3.8) is 0 Å². The van der Waals surface area contributed by atoms with Crippen LogP contribution in [-0.4, -0.2) is 67.9 Å². The van der Waals surface area contributed by atoms with Crippen molar-refractivity contribution in [1.29, 1.82) is 0 Å². The number of aromatic hydroxyl groups is 1. The van der Waals surface area contributed by atoms with Crippen LogP contribution in [0.4, 0.5) is 5.13 Å². The number of piperidine rings is 1. The second-order valence-corrected chi connectivity index (χ2v) is 9.46. The minimum absolute atomic E-state index is 0. The maximum absolute atomic E-state index is 10.5. The molecule has 1 aliphatic rings. The van der Waals surface area contributed by atoms with E-state index in [0.717, 1.165) is 58.4 Å². The number of hydrogen-bond acceptors (Lipinski definition) is 9. The Balaban J connectivity index is 0.00000231. The number of aromatic nitrogens is 5. The normalized spacial score (nSPS) is 15.3. The number of H-pyrrole nitrogens is 1. The first-order valence-electron chi connectivity index (χ1n) is 10.0. The summed E-state index contributed by atoms with van der Waals surface area (Å²) < 4.78 is 0. The highest BCUT2D eigenvalue weighted by atomic mass is 35.5. The van der Waals surface area contributed by atoms with E-state index in [0.29, 0.717) is 16.7 Å². The number of hydrogen-bond donors (Lipinski definition) is 2. The van der Waals surface area contributed by atoms with E-state index in [2.05, 4.69) is 39.0 Å². The third kappa shape index (κ3) is 4.25. The predicted molar refractivity (Wildman–Crippen MR) is 129 cm³/mol. The van der Waals surface area contributed by atoms with Crippen LogP contribution in [0.1, 0.15) is 19.8 Å². The molecule has 4 aromatic rings. The Hall–Kier alpha value is -2.27. The highest BCUT2D eigenvalue weighted by Gasteiger charge is 2.25. The van der Waals surface area contributed by atoms with E-state index < -0.39 is 0 Å². The van der Waals surface area contributed by atoms with Crippen molar-refractivity contribution in [2.75, 3.05) is 31.6 Å². The first-order valence-corrected chi connectivity index (χ1v) is 11.7. The summed E-state index contributed by atoms with van der Waals surface area (Å²) >= 11 is 3.10.